The molecular weight excluding hydrogens is 495 g/mol. The van der Waals surface area contributed by atoms with Crippen molar-refractivity contribution in [1.82, 2.24) is 25.8 Å². The SMILES string of the molecule is CCNC(=NCc1nc(-c2ccco2)n[nH]1)NCCCOC(C)c1ccccc1.I. The van der Waals surface area contributed by atoms with Crippen molar-refractivity contribution in [2.75, 3.05) is 19.7 Å². The van der Waals surface area contributed by atoms with Crippen LogP contribution in [-0.4, -0.2) is 40.8 Å². The Morgan fingerprint density at radius 2 is 2.03 bits per heavy atom. The number of nitrogens with one attached hydrogen (secondary N) is 3. The zero-order valence-corrected chi connectivity index (χ0v) is 19.6. The summed E-state index contributed by atoms with van der Waals surface area (Å²) in [6, 6.07) is 13.9. The first kappa shape index (κ1) is 23.9. The number of aromatic nitrogens is 3. The molecule has 0 radical (unpaired) electrons. The Kier molecular flexibility index (Phi) is 10.4. The third kappa shape index (κ3) is 7.45. The number of aromatic amines is 1. The van der Waals surface area contributed by atoms with Gasteiger partial charge in [-0.05, 0) is 38.0 Å². The molecule has 8 nitrogen and oxygen atoms in total. The molecule has 30 heavy (non-hydrogen) atoms. The molecule has 3 N–H and O–H groups in total. The van der Waals surface area contributed by atoms with E-state index in [-0.39, 0.29) is 30.1 Å². The number of nitrogens with zero attached hydrogens (tertiary/aromatic N) is 3. The van der Waals surface area contributed by atoms with Crippen molar-refractivity contribution in [2.24, 2.45) is 4.99 Å². The fraction of sp³-hybridized carbons (Fsp3) is 0.381. The van der Waals surface area contributed by atoms with E-state index in [2.05, 4.69) is 49.9 Å². The Bertz CT molecular complexity index is 867. The Balaban J connectivity index is 0.00000320. The standard InChI is InChI=1S/C21H28N6O2.HI/c1-3-22-21(23-12-8-14-28-16(2)17-9-5-4-6-10-17)24-15-19-25-20(27-26-19)18-11-7-13-29-18;/h4-7,9-11,13,16H,3,8,12,14-15H2,1-2H3,(H2,22,23,24)(H,25,26,27);1H. The van der Waals surface area contributed by atoms with Crippen LogP contribution < -0.4 is 10.6 Å². The zero-order valence-electron chi connectivity index (χ0n) is 17.3. The fourth-order valence-corrected chi connectivity index (χ4v) is 2.74. The van der Waals surface area contributed by atoms with Crippen molar-refractivity contribution >= 4 is 29.9 Å². The van der Waals surface area contributed by atoms with Crippen LogP contribution in [0.3, 0.4) is 0 Å². The minimum atomic E-state index is 0. The summed E-state index contributed by atoms with van der Waals surface area (Å²) in [5.74, 6) is 2.57. The molecule has 0 saturated carbocycles. The molecule has 0 fully saturated rings. The summed E-state index contributed by atoms with van der Waals surface area (Å²) in [5.41, 5.74) is 1.19. The van der Waals surface area contributed by atoms with Gasteiger partial charge in [-0.3, -0.25) is 5.10 Å². The van der Waals surface area contributed by atoms with Crippen LogP contribution in [0.2, 0.25) is 0 Å². The van der Waals surface area contributed by atoms with E-state index in [1.165, 1.54) is 5.56 Å². The number of benzene rings is 1. The first-order chi connectivity index (χ1) is 14.3. The predicted octanol–water partition coefficient (Wildman–Crippen LogP) is 3.91. The van der Waals surface area contributed by atoms with E-state index >= 15 is 0 Å². The lowest BCUT2D eigenvalue weighted by Gasteiger charge is -2.14. The van der Waals surface area contributed by atoms with Crippen LogP contribution in [0.1, 0.15) is 37.8 Å². The Hall–Kier alpha value is -2.40. The van der Waals surface area contributed by atoms with Crippen molar-refractivity contribution in [3.63, 3.8) is 0 Å². The predicted molar refractivity (Wildman–Crippen MR) is 128 cm³/mol. The van der Waals surface area contributed by atoms with Gasteiger partial charge in [-0.2, -0.15) is 0 Å². The summed E-state index contributed by atoms with van der Waals surface area (Å²) in [6.07, 6.45) is 2.57. The molecule has 1 aromatic carbocycles. The summed E-state index contributed by atoms with van der Waals surface area (Å²) in [5, 5.41) is 13.6. The minimum Gasteiger partial charge on any atom is -0.461 e. The van der Waals surface area contributed by atoms with E-state index in [1.54, 1.807) is 12.3 Å². The van der Waals surface area contributed by atoms with Gasteiger partial charge in [0.25, 0.3) is 0 Å². The second-order valence-corrected chi connectivity index (χ2v) is 6.48. The maximum absolute atomic E-state index is 5.90. The minimum absolute atomic E-state index is 0. The van der Waals surface area contributed by atoms with Crippen LogP contribution in [0.15, 0.2) is 58.1 Å². The molecule has 0 aliphatic heterocycles. The van der Waals surface area contributed by atoms with Gasteiger partial charge in [0.1, 0.15) is 12.4 Å². The lowest BCUT2D eigenvalue weighted by molar-refractivity contribution is 0.0646. The molecule has 0 spiro atoms. The number of furan rings is 1. The van der Waals surface area contributed by atoms with Gasteiger partial charge in [0, 0.05) is 19.7 Å². The summed E-state index contributed by atoms with van der Waals surface area (Å²) in [7, 11) is 0. The molecule has 0 amide bonds. The summed E-state index contributed by atoms with van der Waals surface area (Å²) in [6.45, 7) is 6.72. The third-order valence-electron chi connectivity index (χ3n) is 4.25. The second kappa shape index (κ2) is 13.0. The van der Waals surface area contributed by atoms with Gasteiger partial charge < -0.3 is 19.8 Å². The van der Waals surface area contributed by atoms with Gasteiger partial charge in [0.05, 0.1) is 12.4 Å². The lowest BCUT2D eigenvalue weighted by Crippen LogP contribution is -2.38. The van der Waals surface area contributed by atoms with Crippen molar-refractivity contribution in [2.45, 2.75) is 32.9 Å². The van der Waals surface area contributed by atoms with E-state index in [1.807, 2.05) is 31.2 Å². The van der Waals surface area contributed by atoms with Crippen LogP contribution in [-0.2, 0) is 11.3 Å². The van der Waals surface area contributed by atoms with E-state index in [0.29, 0.717) is 30.6 Å². The van der Waals surface area contributed by atoms with E-state index < -0.39 is 0 Å². The van der Waals surface area contributed by atoms with E-state index in [9.17, 15) is 0 Å². The maximum Gasteiger partial charge on any atom is 0.216 e. The van der Waals surface area contributed by atoms with Gasteiger partial charge in [-0.25, -0.2) is 9.98 Å². The Labute approximate surface area is 193 Å². The van der Waals surface area contributed by atoms with E-state index in [4.69, 9.17) is 9.15 Å². The van der Waals surface area contributed by atoms with Crippen molar-refractivity contribution in [1.29, 1.82) is 0 Å². The number of hydrogen-bond donors (Lipinski definition) is 3. The second-order valence-electron chi connectivity index (χ2n) is 6.48. The Morgan fingerprint density at radius 3 is 2.77 bits per heavy atom. The molecule has 0 aliphatic rings. The molecule has 1 unspecified atom stereocenters. The molecule has 1 atom stereocenters. The third-order valence-corrected chi connectivity index (χ3v) is 4.25. The first-order valence-electron chi connectivity index (χ1n) is 9.90. The molecule has 9 heteroatoms. The number of rotatable bonds is 10. The lowest BCUT2D eigenvalue weighted by atomic mass is 10.1. The monoisotopic (exact) mass is 524 g/mol. The van der Waals surface area contributed by atoms with Gasteiger partial charge >= 0.3 is 0 Å². The van der Waals surface area contributed by atoms with Crippen LogP contribution in [0.25, 0.3) is 11.6 Å². The van der Waals surface area contributed by atoms with Crippen molar-refractivity contribution in [3.05, 3.63) is 60.1 Å². The highest BCUT2D eigenvalue weighted by Crippen LogP contribution is 2.16. The number of hydrogen-bond acceptors (Lipinski definition) is 5. The summed E-state index contributed by atoms with van der Waals surface area (Å²) in [4.78, 5) is 8.95. The molecule has 0 aliphatic carbocycles. The van der Waals surface area contributed by atoms with Gasteiger partial charge in [0.2, 0.25) is 5.82 Å². The molecule has 162 valence electrons. The number of H-pyrrole nitrogens is 1. The quantitative estimate of drug-likeness (QED) is 0.161. The van der Waals surface area contributed by atoms with Gasteiger partial charge in [-0.15, -0.1) is 29.1 Å². The number of guanidine groups is 1. The van der Waals surface area contributed by atoms with E-state index in [0.717, 1.165) is 25.5 Å². The van der Waals surface area contributed by atoms with Crippen LogP contribution >= 0.6 is 24.0 Å². The smallest absolute Gasteiger partial charge is 0.216 e. The number of ether oxygens (including phenoxy) is 1. The highest BCUT2D eigenvalue weighted by atomic mass is 127. The molecule has 2 aromatic heterocycles. The van der Waals surface area contributed by atoms with Crippen LogP contribution in [0.4, 0.5) is 0 Å². The highest BCUT2D eigenvalue weighted by Gasteiger charge is 2.08. The van der Waals surface area contributed by atoms with Gasteiger partial charge in [0.15, 0.2) is 11.7 Å². The van der Waals surface area contributed by atoms with Gasteiger partial charge in [-0.1, -0.05) is 30.3 Å². The molecule has 0 bridgehead atoms. The molecule has 0 saturated heterocycles. The Morgan fingerprint density at radius 1 is 1.20 bits per heavy atom. The largest absolute Gasteiger partial charge is 0.461 e. The average Bonchev–Trinajstić information content (AvgIpc) is 3.44. The maximum atomic E-state index is 5.90. The van der Waals surface area contributed by atoms with Crippen LogP contribution in [0, 0.1) is 0 Å². The first-order valence-corrected chi connectivity index (χ1v) is 9.90. The highest BCUT2D eigenvalue weighted by molar-refractivity contribution is 14.0. The van der Waals surface area contributed by atoms with Crippen molar-refractivity contribution < 1.29 is 9.15 Å². The molecular formula is C21H29IN6O2. The zero-order chi connectivity index (χ0) is 20.3. The van der Waals surface area contributed by atoms with Crippen molar-refractivity contribution in [3.8, 4) is 11.6 Å². The fourth-order valence-electron chi connectivity index (χ4n) is 2.74. The normalized spacial score (nSPS) is 12.3. The summed E-state index contributed by atoms with van der Waals surface area (Å²) < 4.78 is 11.2. The number of aliphatic imine (C=N–C) groups is 1. The summed E-state index contributed by atoms with van der Waals surface area (Å²) >= 11 is 0. The molecule has 3 rings (SSSR count). The number of halogens is 1. The molecule has 2 heterocycles. The average molecular weight is 524 g/mol. The van der Waals surface area contributed by atoms with Crippen LogP contribution in [0.5, 0.6) is 0 Å². The molecule has 3 aromatic rings. The topological polar surface area (TPSA) is 100 Å².